The fourth-order valence-electron chi connectivity index (χ4n) is 2.53. The Morgan fingerprint density at radius 2 is 1.95 bits per heavy atom. The van der Waals surface area contributed by atoms with Crippen LogP contribution in [0.3, 0.4) is 0 Å². The number of nitrogens with one attached hydrogen (secondary N) is 1. The summed E-state index contributed by atoms with van der Waals surface area (Å²) in [6.07, 6.45) is 2.59. The quantitative estimate of drug-likeness (QED) is 0.736. The summed E-state index contributed by atoms with van der Waals surface area (Å²) in [7, 11) is -3.03. The van der Waals surface area contributed by atoms with E-state index in [4.69, 9.17) is 0 Å². The number of hydrogen-bond donors (Lipinski definition) is 1. The third kappa shape index (κ3) is 4.74. The highest BCUT2D eigenvalue weighted by Crippen LogP contribution is 2.20. The van der Waals surface area contributed by atoms with Crippen LogP contribution in [0.2, 0.25) is 0 Å². The van der Waals surface area contributed by atoms with E-state index in [0.717, 1.165) is 19.3 Å². The molecule has 1 rings (SSSR count). The van der Waals surface area contributed by atoms with E-state index in [1.807, 2.05) is 0 Å². The second-order valence-corrected chi connectivity index (χ2v) is 8.39. The Labute approximate surface area is 123 Å². The van der Waals surface area contributed by atoms with Crippen molar-refractivity contribution in [1.29, 1.82) is 0 Å². The molecule has 5 nitrogen and oxygen atoms in total. The minimum absolute atomic E-state index is 0.0221. The molecule has 1 fully saturated rings. The zero-order chi connectivity index (χ0) is 15.3. The van der Waals surface area contributed by atoms with Crippen LogP contribution in [0.25, 0.3) is 0 Å². The van der Waals surface area contributed by atoms with Crippen molar-refractivity contribution in [3.05, 3.63) is 0 Å². The Hall–Kier alpha value is -0.620. The third-order valence-electron chi connectivity index (χ3n) is 3.71. The molecule has 1 aliphatic heterocycles. The number of sulfone groups is 1. The van der Waals surface area contributed by atoms with E-state index in [0.29, 0.717) is 12.5 Å². The smallest absolute Gasteiger partial charge is 0.241 e. The number of carbonyl (C=O) groups excluding carboxylic acids is 1. The van der Waals surface area contributed by atoms with Crippen LogP contribution in [-0.4, -0.2) is 49.5 Å². The van der Waals surface area contributed by atoms with Crippen molar-refractivity contribution < 1.29 is 13.2 Å². The molecule has 1 heterocycles. The molecule has 118 valence electrons. The second kappa shape index (κ2) is 7.41. The van der Waals surface area contributed by atoms with Gasteiger partial charge in [0.2, 0.25) is 5.91 Å². The topological polar surface area (TPSA) is 66.5 Å². The third-order valence-corrected chi connectivity index (χ3v) is 5.39. The Morgan fingerprint density at radius 3 is 2.45 bits per heavy atom. The molecular formula is C14H28N2O3S. The SMILES string of the molecule is CCCC1NC(CC(C)C)N(CCS(=O)(=O)CC)C1=O. The maximum Gasteiger partial charge on any atom is 0.241 e. The lowest BCUT2D eigenvalue weighted by molar-refractivity contribution is -0.130. The first-order chi connectivity index (χ1) is 9.30. The molecule has 6 heteroatoms. The van der Waals surface area contributed by atoms with Crippen molar-refractivity contribution in [3.63, 3.8) is 0 Å². The van der Waals surface area contributed by atoms with Crippen LogP contribution in [-0.2, 0) is 14.6 Å². The van der Waals surface area contributed by atoms with Crippen LogP contribution in [0.5, 0.6) is 0 Å². The largest absolute Gasteiger partial charge is 0.325 e. The summed E-state index contributed by atoms with van der Waals surface area (Å²) >= 11 is 0. The molecule has 1 saturated heterocycles. The van der Waals surface area contributed by atoms with E-state index < -0.39 is 9.84 Å². The predicted molar refractivity (Wildman–Crippen MR) is 81.1 cm³/mol. The molecular weight excluding hydrogens is 276 g/mol. The number of amides is 1. The van der Waals surface area contributed by atoms with Gasteiger partial charge in [-0.05, 0) is 18.8 Å². The summed E-state index contributed by atoms with van der Waals surface area (Å²) in [5.41, 5.74) is 0. The molecule has 0 aromatic carbocycles. The highest BCUT2D eigenvalue weighted by molar-refractivity contribution is 7.91. The lowest BCUT2D eigenvalue weighted by atomic mass is 10.1. The van der Waals surface area contributed by atoms with Crippen LogP contribution in [0.1, 0.15) is 47.0 Å². The number of hydrogen-bond acceptors (Lipinski definition) is 4. The minimum Gasteiger partial charge on any atom is -0.325 e. The molecule has 0 bridgehead atoms. The van der Waals surface area contributed by atoms with Crippen LogP contribution in [0, 0.1) is 5.92 Å². The average Bonchev–Trinajstić information content (AvgIpc) is 2.63. The zero-order valence-electron chi connectivity index (χ0n) is 13.1. The first kappa shape index (κ1) is 17.4. The van der Waals surface area contributed by atoms with Crippen molar-refractivity contribution >= 4 is 15.7 Å². The van der Waals surface area contributed by atoms with E-state index in [9.17, 15) is 13.2 Å². The highest BCUT2D eigenvalue weighted by Gasteiger charge is 2.38. The summed E-state index contributed by atoms with van der Waals surface area (Å²) in [5.74, 6) is 0.717. The molecule has 0 spiro atoms. The molecule has 1 N–H and O–H groups in total. The van der Waals surface area contributed by atoms with Crippen LogP contribution < -0.4 is 5.32 Å². The van der Waals surface area contributed by atoms with Gasteiger partial charge in [-0.25, -0.2) is 8.42 Å². The standard InChI is InChI=1S/C14H28N2O3S/c1-5-7-12-14(17)16(8-9-20(18,19)6-2)13(15-12)10-11(3)4/h11-13,15H,5-10H2,1-4H3. The number of nitrogens with zero attached hydrogens (tertiary/aromatic N) is 1. The summed E-state index contributed by atoms with van der Waals surface area (Å²) < 4.78 is 23.3. The van der Waals surface area contributed by atoms with Gasteiger partial charge in [-0.15, -0.1) is 0 Å². The van der Waals surface area contributed by atoms with Gasteiger partial charge < -0.3 is 4.90 Å². The Kier molecular flexibility index (Phi) is 6.45. The van der Waals surface area contributed by atoms with Crippen molar-refractivity contribution in [1.82, 2.24) is 10.2 Å². The first-order valence-corrected chi connectivity index (χ1v) is 9.39. The number of carbonyl (C=O) groups is 1. The Morgan fingerprint density at radius 1 is 1.30 bits per heavy atom. The molecule has 0 radical (unpaired) electrons. The average molecular weight is 304 g/mol. The summed E-state index contributed by atoms with van der Waals surface area (Å²) in [4.78, 5) is 14.1. The Balaban J connectivity index is 2.73. The van der Waals surface area contributed by atoms with Gasteiger partial charge >= 0.3 is 0 Å². The zero-order valence-corrected chi connectivity index (χ0v) is 13.9. The summed E-state index contributed by atoms with van der Waals surface area (Å²) in [5, 5.41) is 3.36. The summed E-state index contributed by atoms with van der Waals surface area (Å²) in [6, 6.07) is -0.145. The molecule has 0 aromatic heterocycles. The van der Waals surface area contributed by atoms with E-state index in [2.05, 4.69) is 26.1 Å². The van der Waals surface area contributed by atoms with Crippen LogP contribution >= 0.6 is 0 Å². The maximum absolute atomic E-state index is 12.4. The fraction of sp³-hybridized carbons (Fsp3) is 0.929. The van der Waals surface area contributed by atoms with Gasteiger partial charge in [0.15, 0.2) is 9.84 Å². The lowest BCUT2D eigenvalue weighted by Crippen LogP contribution is -2.41. The van der Waals surface area contributed by atoms with Crippen LogP contribution in [0.4, 0.5) is 0 Å². The molecule has 0 aliphatic carbocycles. The molecule has 2 atom stereocenters. The van der Waals surface area contributed by atoms with E-state index in [1.54, 1.807) is 11.8 Å². The predicted octanol–water partition coefficient (Wildman–Crippen LogP) is 1.39. The first-order valence-electron chi connectivity index (χ1n) is 7.57. The van der Waals surface area contributed by atoms with E-state index in [-0.39, 0.29) is 29.6 Å². The highest BCUT2D eigenvalue weighted by atomic mass is 32.2. The van der Waals surface area contributed by atoms with Gasteiger partial charge in [-0.1, -0.05) is 34.1 Å². The molecule has 2 unspecified atom stereocenters. The fourth-order valence-corrected chi connectivity index (χ4v) is 3.30. The van der Waals surface area contributed by atoms with Gasteiger partial charge in [0.25, 0.3) is 0 Å². The van der Waals surface area contributed by atoms with Gasteiger partial charge in [0.1, 0.15) is 0 Å². The van der Waals surface area contributed by atoms with Gasteiger partial charge in [0.05, 0.1) is 18.0 Å². The molecule has 0 saturated carbocycles. The lowest BCUT2D eigenvalue weighted by Gasteiger charge is -2.25. The Bertz CT molecular complexity index is 420. The monoisotopic (exact) mass is 304 g/mol. The normalized spacial score (nSPS) is 23.9. The second-order valence-electron chi connectivity index (χ2n) is 5.92. The molecule has 1 aliphatic rings. The van der Waals surface area contributed by atoms with Gasteiger partial charge in [-0.2, -0.15) is 0 Å². The molecule has 0 aromatic rings. The van der Waals surface area contributed by atoms with Gasteiger partial charge in [0, 0.05) is 12.3 Å². The van der Waals surface area contributed by atoms with Crippen molar-refractivity contribution in [2.75, 3.05) is 18.1 Å². The van der Waals surface area contributed by atoms with Gasteiger partial charge in [-0.3, -0.25) is 10.1 Å². The van der Waals surface area contributed by atoms with Crippen LogP contribution in [0.15, 0.2) is 0 Å². The summed E-state index contributed by atoms with van der Waals surface area (Å²) in [6.45, 7) is 8.22. The van der Waals surface area contributed by atoms with Crippen molar-refractivity contribution in [2.24, 2.45) is 5.92 Å². The minimum atomic E-state index is -3.03. The van der Waals surface area contributed by atoms with Crippen molar-refractivity contribution in [2.45, 2.75) is 59.2 Å². The van der Waals surface area contributed by atoms with E-state index >= 15 is 0 Å². The molecule has 1 amide bonds. The van der Waals surface area contributed by atoms with E-state index in [1.165, 1.54) is 0 Å². The molecule has 20 heavy (non-hydrogen) atoms. The maximum atomic E-state index is 12.4. The van der Waals surface area contributed by atoms with Crippen molar-refractivity contribution in [3.8, 4) is 0 Å². The number of rotatable bonds is 8.